The topological polar surface area (TPSA) is 32.3 Å². The number of carbonyl (C=O) groups excluding carboxylic acids is 1. The zero-order valence-corrected chi connectivity index (χ0v) is 10.6. The van der Waals surface area contributed by atoms with Gasteiger partial charge in [0.1, 0.15) is 0 Å². The van der Waals surface area contributed by atoms with Gasteiger partial charge in [0.15, 0.2) is 0 Å². The molecule has 0 spiro atoms. The summed E-state index contributed by atoms with van der Waals surface area (Å²) in [5, 5.41) is 3.16. The fourth-order valence-electron chi connectivity index (χ4n) is 2.73. The zero-order chi connectivity index (χ0) is 11.6. The molecule has 1 N–H and O–H groups in total. The molecule has 2 aliphatic carbocycles. The summed E-state index contributed by atoms with van der Waals surface area (Å²) in [5.41, 5.74) is 0.225. The minimum Gasteiger partial charge on any atom is -0.354 e. The molecule has 0 aromatic heterocycles. The van der Waals surface area contributed by atoms with E-state index in [0.717, 1.165) is 19.4 Å². The molecule has 0 aliphatic heterocycles. The maximum atomic E-state index is 11.7. The van der Waals surface area contributed by atoms with Crippen molar-refractivity contribution < 1.29 is 4.79 Å². The number of hydrogen-bond donors (Lipinski definition) is 1. The average molecular weight is 224 g/mol. The molecule has 0 heterocycles. The van der Waals surface area contributed by atoms with Gasteiger partial charge in [-0.2, -0.15) is 0 Å². The van der Waals surface area contributed by atoms with Crippen molar-refractivity contribution in [1.82, 2.24) is 10.2 Å². The van der Waals surface area contributed by atoms with Gasteiger partial charge in [0, 0.05) is 18.0 Å². The highest BCUT2D eigenvalue weighted by molar-refractivity contribution is 5.80. The minimum absolute atomic E-state index is 0.225. The molecule has 1 amide bonds. The molecular weight excluding hydrogens is 200 g/mol. The van der Waals surface area contributed by atoms with E-state index in [9.17, 15) is 4.79 Å². The van der Waals surface area contributed by atoms with Crippen LogP contribution in [0, 0.1) is 5.92 Å². The Morgan fingerprint density at radius 1 is 1.25 bits per heavy atom. The molecular formula is C13H24N2O. The van der Waals surface area contributed by atoms with E-state index in [1.807, 2.05) is 0 Å². The zero-order valence-electron chi connectivity index (χ0n) is 10.6. The van der Waals surface area contributed by atoms with E-state index in [4.69, 9.17) is 0 Å². The number of likely N-dealkylation sites (N-methyl/N-ethyl adjacent to an activating group) is 1. The quantitative estimate of drug-likeness (QED) is 0.789. The van der Waals surface area contributed by atoms with Gasteiger partial charge in [-0.25, -0.2) is 0 Å². The molecule has 3 heteroatoms. The van der Waals surface area contributed by atoms with Gasteiger partial charge in [-0.05, 0) is 39.8 Å². The second-order valence-corrected chi connectivity index (χ2v) is 5.67. The maximum Gasteiger partial charge on any atom is 0.223 e. The number of hydrogen-bond acceptors (Lipinski definition) is 2. The molecule has 0 atom stereocenters. The third kappa shape index (κ3) is 2.57. The van der Waals surface area contributed by atoms with Crippen molar-refractivity contribution in [1.29, 1.82) is 0 Å². The summed E-state index contributed by atoms with van der Waals surface area (Å²) >= 11 is 0. The first-order valence-corrected chi connectivity index (χ1v) is 6.59. The Balaban J connectivity index is 1.88. The van der Waals surface area contributed by atoms with Crippen molar-refractivity contribution in [3.05, 3.63) is 0 Å². The van der Waals surface area contributed by atoms with Crippen LogP contribution in [-0.4, -0.2) is 37.0 Å². The second-order valence-electron chi connectivity index (χ2n) is 5.67. The highest BCUT2D eigenvalue weighted by Crippen LogP contribution is 2.33. The van der Waals surface area contributed by atoms with E-state index < -0.39 is 0 Å². The first kappa shape index (κ1) is 11.9. The van der Waals surface area contributed by atoms with E-state index in [2.05, 4.69) is 24.3 Å². The van der Waals surface area contributed by atoms with Gasteiger partial charge in [0.25, 0.3) is 0 Å². The van der Waals surface area contributed by atoms with Crippen LogP contribution in [0.4, 0.5) is 0 Å². The van der Waals surface area contributed by atoms with Gasteiger partial charge in [-0.3, -0.25) is 4.79 Å². The average Bonchev–Trinajstić information content (AvgIpc) is 3.11. The minimum atomic E-state index is 0.225. The summed E-state index contributed by atoms with van der Waals surface area (Å²) in [4.78, 5) is 14.0. The van der Waals surface area contributed by atoms with Crippen molar-refractivity contribution in [3.8, 4) is 0 Å². The molecule has 0 radical (unpaired) electrons. The molecule has 0 aromatic rings. The maximum absolute atomic E-state index is 11.7. The van der Waals surface area contributed by atoms with Gasteiger partial charge >= 0.3 is 0 Å². The molecule has 0 aromatic carbocycles. The third-order valence-corrected chi connectivity index (χ3v) is 4.27. The summed E-state index contributed by atoms with van der Waals surface area (Å²) in [5.74, 6) is 0.620. The highest BCUT2D eigenvalue weighted by Gasteiger charge is 2.36. The lowest BCUT2D eigenvalue weighted by molar-refractivity contribution is -0.123. The predicted molar refractivity (Wildman–Crippen MR) is 65.2 cm³/mol. The van der Waals surface area contributed by atoms with E-state index in [1.54, 1.807) is 0 Å². The molecule has 92 valence electrons. The first-order valence-electron chi connectivity index (χ1n) is 6.59. The molecule has 0 bridgehead atoms. The smallest absolute Gasteiger partial charge is 0.223 e. The molecule has 2 saturated carbocycles. The van der Waals surface area contributed by atoms with Crippen molar-refractivity contribution in [2.75, 3.05) is 20.6 Å². The molecule has 2 aliphatic rings. The van der Waals surface area contributed by atoms with Crippen LogP contribution >= 0.6 is 0 Å². The van der Waals surface area contributed by atoms with Crippen LogP contribution in [0.15, 0.2) is 0 Å². The largest absolute Gasteiger partial charge is 0.354 e. The lowest BCUT2D eigenvalue weighted by atomic mass is 9.80. The summed E-state index contributed by atoms with van der Waals surface area (Å²) < 4.78 is 0. The Hall–Kier alpha value is -0.570. The molecule has 0 unspecified atom stereocenters. The van der Waals surface area contributed by atoms with Crippen LogP contribution < -0.4 is 5.32 Å². The Morgan fingerprint density at radius 3 is 2.38 bits per heavy atom. The summed E-state index contributed by atoms with van der Waals surface area (Å²) in [6.45, 7) is 0.843. The summed E-state index contributed by atoms with van der Waals surface area (Å²) in [6, 6.07) is 0. The second kappa shape index (κ2) is 4.74. The van der Waals surface area contributed by atoms with Crippen molar-refractivity contribution in [3.63, 3.8) is 0 Å². The van der Waals surface area contributed by atoms with Gasteiger partial charge in [-0.1, -0.05) is 19.3 Å². The van der Waals surface area contributed by atoms with Gasteiger partial charge in [0.2, 0.25) is 5.91 Å². The van der Waals surface area contributed by atoms with Crippen molar-refractivity contribution in [2.45, 2.75) is 50.5 Å². The van der Waals surface area contributed by atoms with E-state index in [1.165, 1.54) is 32.1 Å². The number of rotatable bonds is 4. The van der Waals surface area contributed by atoms with Crippen LogP contribution in [0.25, 0.3) is 0 Å². The fourth-order valence-corrected chi connectivity index (χ4v) is 2.73. The monoisotopic (exact) mass is 224 g/mol. The predicted octanol–water partition coefficient (Wildman–Crippen LogP) is 1.78. The lowest BCUT2D eigenvalue weighted by Gasteiger charge is -2.43. The Bertz CT molecular complexity index is 253. The number of amides is 1. The van der Waals surface area contributed by atoms with Crippen molar-refractivity contribution >= 4 is 5.91 Å². The molecule has 0 saturated heterocycles. The first-order chi connectivity index (χ1) is 7.64. The van der Waals surface area contributed by atoms with Gasteiger partial charge in [-0.15, -0.1) is 0 Å². The Labute approximate surface area is 98.6 Å². The van der Waals surface area contributed by atoms with Gasteiger partial charge < -0.3 is 10.2 Å². The Kier molecular flexibility index (Phi) is 3.53. The van der Waals surface area contributed by atoms with Gasteiger partial charge in [0.05, 0.1) is 0 Å². The summed E-state index contributed by atoms with van der Waals surface area (Å²) in [7, 11) is 4.29. The molecule has 16 heavy (non-hydrogen) atoms. The summed E-state index contributed by atoms with van der Waals surface area (Å²) in [6.07, 6.45) is 8.61. The standard InChI is InChI=1S/C13H24N2O/c1-15(2)13(8-4-3-5-9-13)10-14-12(16)11-6-7-11/h11H,3-10H2,1-2H3,(H,14,16). The molecule has 3 nitrogen and oxygen atoms in total. The highest BCUT2D eigenvalue weighted by atomic mass is 16.2. The van der Waals surface area contributed by atoms with E-state index in [-0.39, 0.29) is 11.4 Å². The lowest BCUT2D eigenvalue weighted by Crippen LogP contribution is -2.54. The van der Waals surface area contributed by atoms with Crippen LogP contribution in [0.1, 0.15) is 44.9 Å². The molecule has 2 fully saturated rings. The van der Waals surface area contributed by atoms with Crippen LogP contribution in [0.3, 0.4) is 0 Å². The van der Waals surface area contributed by atoms with E-state index >= 15 is 0 Å². The van der Waals surface area contributed by atoms with E-state index in [0.29, 0.717) is 5.92 Å². The van der Waals surface area contributed by atoms with Crippen molar-refractivity contribution in [2.24, 2.45) is 5.92 Å². The Morgan fingerprint density at radius 2 is 1.88 bits per heavy atom. The normalized spacial score (nSPS) is 24.4. The third-order valence-electron chi connectivity index (χ3n) is 4.27. The number of nitrogens with zero attached hydrogens (tertiary/aromatic N) is 1. The molecule has 2 rings (SSSR count). The van der Waals surface area contributed by atoms with Crippen LogP contribution in [-0.2, 0) is 4.79 Å². The van der Waals surface area contributed by atoms with Crippen LogP contribution in [0.2, 0.25) is 0 Å². The van der Waals surface area contributed by atoms with Crippen LogP contribution in [0.5, 0.6) is 0 Å². The fraction of sp³-hybridized carbons (Fsp3) is 0.923. The SMILES string of the molecule is CN(C)C1(CNC(=O)C2CC2)CCCCC1. The number of carbonyl (C=O) groups is 1. The number of nitrogens with one attached hydrogen (secondary N) is 1.